The summed E-state index contributed by atoms with van der Waals surface area (Å²) in [5, 5.41) is 20.1. The maximum atomic E-state index is 10.2. The van der Waals surface area contributed by atoms with Crippen LogP contribution in [0.4, 0.5) is 0 Å². The molecule has 0 saturated heterocycles. The van der Waals surface area contributed by atoms with Crippen LogP contribution in [0.5, 0.6) is 0 Å². The zero-order chi connectivity index (χ0) is 9.02. The van der Waals surface area contributed by atoms with Crippen LogP contribution in [-0.2, 0) is 9.59 Å². The van der Waals surface area contributed by atoms with E-state index in [1.165, 1.54) is 0 Å². The fourth-order valence-corrected chi connectivity index (χ4v) is 0.588. The van der Waals surface area contributed by atoms with Gasteiger partial charge in [-0.2, -0.15) is 0 Å². The first kappa shape index (κ1) is 9.68. The van der Waals surface area contributed by atoms with Gasteiger partial charge in [0.1, 0.15) is 0 Å². The van der Waals surface area contributed by atoms with Crippen LogP contribution in [0.3, 0.4) is 0 Å². The monoisotopic (exact) mass is 156 g/mol. The molecule has 0 aromatic rings. The molecule has 0 aliphatic carbocycles. The fourth-order valence-electron chi connectivity index (χ4n) is 0.588. The van der Waals surface area contributed by atoms with E-state index in [9.17, 15) is 19.8 Å². The Bertz CT molecular complexity index is 202. The molecule has 0 aromatic carbocycles. The van der Waals surface area contributed by atoms with E-state index in [2.05, 4.69) is 0 Å². The molecule has 62 valence electrons. The lowest BCUT2D eigenvalue weighted by molar-refractivity contribution is -0.303. The van der Waals surface area contributed by atoms with Crippen molar-refractivity contribution in [3.05, 3.63) is 11.6 Å². The second-order valence-electron chi connectivity index (χ2n) is 2.36. The Morgan fingerprint density at radius 1 is 1.27 bits per heavy atom. The fraction of sp³-hybridized carbons (Fsp3) is 0.429. The summed E-state index contributed by atoms with van der Waals surface area (Å²) in [6.07, 6.45) is 0.542. The molecule has 0 amide bonds. The van der Waals surface area contributed by atoms with Crippen molar-refractivity contribution in [3.8, 4) is 0 Å². The van der Waals surface area contributed by atoms with Crippen LogP contribution < -0.4 is 10.2 Å². The van der Waals surface area contributed by atoms with Gasteiger partial charge in [-0.25, -0.2) is 0 Å². The van der Waals surface area contributed by atoms with Crippen molar-refractivity contribution in [3.63, 3.8) is 0 Å². The van der Waals surface area contributed by atoms with E-state index < -0.39 is 11.9 Å². The Balaban J connectivity index is 4.60. The third kappa shape index (κ3) is 3.40. The number of hydrogen-bond acceptors (Lipinski definition) is 4. The topological polar surface area (TPSA) is 80.3 Å². The lowest BCUT2D eigenvalue weighted by Gasteiger charge is -2.12. The average Bonchev–Trinajstić information content (AvgIpc) is 1.81. The van der Waals surface area contributed by atoms with Gasteiger partial charge in [0.25, 0.3) is 0 Å². The molecular formula is C7H8O4-2. The first-order valence-corrected chi connectivity index (χ1v) is 3.09. The van der Waals surface area contributed by atoms with Crippen LogP contribution in [-0.4, -0.2) is 11.9 Å². The van der Waals surface area contributed by atoms with Crippen LogP contribution in [0.15, 0.2) is 11.6 Å². The van der Waals surface area contributed by atoms with E-state index >= 15 is 0 Å². The van der Waals surface area contributed by atoms with Crippen LogP contribution in [0.25, 0.3) is 0 Å². The number of carboxylic acids is 2. The number of carboxylic acid groups (broad SMARTS) is 2. The van der Waals surface area contributed by atoms with Gasteiger partial charge >= 0.3 is 0 Å². The van der Waals surface area contributed by atoms with Crippen molar-refractivity contribution < 1.29 is 19.8 Å². The smallest absolute Gasteiger partial charge is 0.0678 e. The molecule has 0 saturated carbocycles. The summed E-state index contributed by atoms with van der Waals surface area (Å²) in [6.45, 7) is 3.12. The number of rotatable bonds is 3. The van der Waals surface area contributed by atoms with Crippen molar-refractivity contribution >= 4 is 11.9 Å². The minimum Gasteiger partial charge on any atom is -0.545 e. The first-order chi connectivity index (χ1) is 4.95. The Hall–Kier alpha value is -1.32. The zero-order valence-corrected chi connectivity index (χ0v) is 6.29. The highest BCUT2D eigenvalue weighted by Gasteiger charge is 2.02. The van der Waals surface area contributed by atoms with Crippen molar-refractivity contribution in [1.82, 2.24) is 0 Å². The van der Waals surface area contributed by atoms with E-state index in [1.807, 2.05) is 0 Å². The Morgan fingerprint density at radius 2 is 1.73 bits per heavy atom. The van der Waals surface area contributed by atoms with Gasteiger partial charge in [-0.3, -0.25) is 0 Å². The molecule has 0 rings (SSSR count). The van der Waals surface area contributed by atoms with Gasteiger partial charge in [0.2, 0.25) is 0 Å². The van der Waals surface area contributed by atoms with Crippen LogP contribution in [0, 0.1) is 5.92 Å². The Morgan fingerprint density at radius 3 is 1.82 bits per heavy atom. The summed E-state index contributed by atoms with van der Waals surface area (Å²) in [7, 11) is 0. The number of carbonyl (C=O) groups is 2. The highest BCUT2D eigenvalue weighted by Crippen LogP contribution is 2.06. The number of aliphatic carboxylic acids is 2. The summed E-state index contributed by atoms with van der Waals surface area (Å²) < 4.78 is 0. The summed E-state index contributed by atoms with van der Waals surface area (Å²) in [6, 6.07) is 0. The predicted octanol–water partition coefficient (Wildman–Crippen LogP) is -1.93. The van der Waals surface area contributed by atoms with Crippen molar-refractivity contribution in [2.45, 2.75) is 13.8 Å². The second kappa shape index (κ2) is 3.75. The molecule has 4 nitrogen and oxygen atoms in total. The highest BCUT2D eigenvalue weighted by atomic mass is 16.4. The standard InChI is InChI=1S/C7H10O4/c1-4(2)5(7(10)11)3-6(8)9/h3-4H,1-2H3,(H,8,9)(H,10,11)/p-2/b5-3+. The molecule has 0 aromatic heterocycles. The van der Waals surface area contributed by atoms with Gasteiger partial charge < -0.3 is 19.8 Å². The highest BCUT2D eigenvalue weighted by molar-refractivity contribution is 5.93. The third-order valence-corrected chi connectivity index (χ3v) is 1.13. The number of hydrogen-bond donors (Lipinski definition) is 0. The molecule has 0 fully saturated rings. The minimum atomic E-state index is -1.52. The van der Waals surface area contributed by atoms with Gasteiger partial charge in [-0.05, 0) is 17.6 Å². The SMILES string of the molecule is CC(C)/C(=C\C(=O)[O-])C(=O)[O-]. The molecule has 0 bridgehead atoms. The quantitative estimate of drug-likeness (QED) is 0.445. The number of carbonyl (C=O) groups excluding carboxylic acids is 2. The molecule has 0 heterocycles. The maximum absolute atomic E-state index is 10.2. The molecule has 11 heavy (non-hydrogen) atoms. The van der Waals surface area contributed by atoms with Crippen molar-refractivity contribution in [2.24, 2.45) is 5.92 Å². The molecule has 0 atom stereocenters. The third-order valence-electron chi connectivity index (χ3n) is 1.13. The Kier molecular flexibility index (Phi) is 3.30. The van der Waals surface area contributed by atoms with E-state index in [1.54, 1.807) is 13.8 Å². The molecule has 0 spiro atoms. The molecule has 4 heteroatoms. The summed E-state index contributed by atoms with van der Waals surface area (Å²) >= 11 is 0. The van der Waals surface area contributed by atoms with Crippen molar-refractivity contribution in [2.75, 3.05) is 0 Å². The van der Waals surface area contributed by atoms with Gasteiger partial charge in [-0.1, -0.05) is 13.8 Å². The molecule has 0 unspecified atom stereocenters. The van der Waals surface area contributed by atoms with Gasteiger partial charge in [0.05, 0.1) is 11.9 Å². The maximum Gasteiger partial charge on any atom is 0.0678 e. The molecular weight excluding hydrogens is 148 g/mol. The summed E-state index contributed by atoms with van der Waals surface area (Å²) in [5.74, 6) is -3.36. The first-order valence-electron chi connectivity index (χ1n) is 3.09. The van der Waals surface area contributed by atoms with Crippen LogP contribution >= 0.6 is 0 Å². The van der Waals surface area contributed by atoms with Gasteiger partial charge in [0, 0.05) is 0 Å². The minimum absolute atomic E-state index is 0.259. The molecule has 0 radical (unpaired) electrons. The summed E-state index contributed by atoms with van der Waals surface area (Å²) in [5.41, 5.74) is -0.259. The average molecular weight is 156 g/mol. The normalized spacial score (nSPS) is 11.7. The predicted molar refractivity (Wildman–Crippen MR) is 32.9 cm³/mol. The molecule has 0 aliphatic heterocycles. The summed E-state index contributed by atoms with van der Waals surface area (Å²) in [4.78, 5) is 20.1. The molecule has 0 N–H and O–H groups in total. The largest absolute Gasteiger partial charge is 0.545 e. The van der Waals surface area contributed by atoms with Crippen molar-refractivity contribution in [1.29, 1.82) is 0 Å². The lowest BCUT2D eigenvalue weighted by Crippen LogP contribution is -2.29. The lowest BCUT2D eigenvalue weighted by atomic mass is 10.0. The molecule has 0 aliphatic rings. The van der Waals surface area contributed by atoms with E-state index in [0.717, 1.165) is 0 Å². The van der Waals surface area contributed by atoms with Crippen LogP contribution in [0.2, 0.25) is 0 Å². The zero-order valence-electron chi connectivity index (χ0n) is 6.29. The Labute approximate surface area is 64.2 Å². The second-order valence-corrected chi connectivity index (χ2v) is 2.36. The van der Waals surface area contributed by atoms with E-state index in [-0.39, 0.29) is 11.5 Å². The van der Waals surface area contributed by atoms with E-state index in [0.29, 0.717) is 6.08 Å². The van der Waals surface area contributed by atoms with Gasteiger partial charge in [-0.15, -0.1) is 0 Å². The van der Waals surface area contributed by atoms with E-state index in [4.69, 9.17) is 0 Å². The van der Waals surface area contributed by atoms with Gasteiger partial charge in [0.15, 0.2) is 0 Å². The van der Waals surface area contributed by atoms with Crippen LogP contribution in [0.1, 0.15) is 13.8 Å².